The summed E-state index contributed by atoms with van der Waals surface area (Å²) in [5, 5.41) is 2.96. The number of nitrogens with two attached hydrogens (primary N) is 2. The summed E-state index contributed by atoms with van der Waals surface area (Å²) in [4.78, 5) is 26.6. The third kappa shape index (κ3) is 4.28. The average molecular weight is 366 g/mol. The molecule has 2 atom stereocenters. The van der Waals surface area contributed by atoms with Crippen molar-refractivity contribution in [2.75, 3.05) is 23.3 Å². The topological polar surface area (TPSA) is 101 Å². The second-order valence-corrected chi connectivity index (χ2v) is 7.00. The molecule has 27 heavy (non-hydrogen) atoms. The molecule has 2 amide bonds. The van der Waals surface area contributed by atoms with E-state index in [1.54, 1.807) is 19.1 Å². The van der Waals surface area contributed by atoms with Crippen LogP contribution in [0.15, 0.2) is 48.5 Å². The molecular formula is C21H26N4O2. The molecular weight excluding hydrogens is 340 g/mol. The average Bonchev–Trinajstić information content (AvgIpc) is 3.21. The number of carbonyl (C=O) groups is 2. The fourth-order valence-electron chi connectivity index (χ4n) is 3.40. The highest BCUT2D eigenvalue weighted by molar-refractivity contribution is 6.00. The smallest absolute Gasteiger partial charge is 0.248 e. The maximum absolute atomic E-state index is 12.8. The Labute approximate surface area is 159 Å². The maximum atomic E-state index is 12.8. The number of carbonyl (C=O) groups excluding carboxylic acids is 2. The Morgan fingerprint density at radius 3 is 2.37 bits per heavy atom. The number of hydrogen-bond donors (Lipinski definition) is 3. The molecule has 1 aliphatic rings. The highest BCUT2D eigenvalue weighted by Gasteiger charge is 2.24. The van der Waals surface area contributed by atoms with E-state index in [0.717, 1.165) is 37.2 Å². The van der Waals surface area contributed by atoms with Crippen LogP contribution in [0.3, 0.4) is 0 Å². The lowest BCUT2D eigenvalue weighted by atomic mass is 9.94. The number of rotatable bonds is 6. The van der Waals surface area contributed by atoms with Gasteiger partial charge in [0.05, 0.1) is 17.3 Å². The minimum Gasteiger partial charge on any atom is -0.370 e. The highest BCUT2D eigenvalue weighted by Crippen LogP contribution is 2.31. The standard InChI is InChI=1S/C21H26N4O2/c1-14(19(22)15-7-3-2-4-8-15)21(27)24-17-13-16(20(23)26)9-10-18(17)25-11-5-6-12-25/h2-4,7-10,13-14,19H,5-6,11-12,22H2,1H3,(H2,23,26)(H,24,27). The van der Waals surface area contributed by atoms with E-state index in [-0.39, 0.29) is 5.91 Å². The van der Waals surface area contributed by atoms with Crippen molar-refractivity contribution >= 4 is 23.2 Å². The first-order valence-corrected chi connectivity index (χ1v) is 9.27. The zero-order chi connectivity index (χ0) is 19.4. The monoisotopic (exact) mass is 366 g/mol. The van der Waals surface area contributed by atoms with E-state index in [4.69, 9.17) is 11.5 Å². The van der Waals surface area contributed by atoms with Gasteiger partial charge in [-0.3, -0.25) is 9.59 Å². The Morgan fingerprint density at radius 2 is 1.74 bits per heavy atom. The number of amides is 2. The molecule has 2 unspecified atom stereocenters. The van der Waals surface area contributed by atoms with Gasteiger partial charge in [-0.15, -0.1) is 0 Å². The van der Waals surface area contributed by atoms with Crippen molar-refractivity contribution in [2.45, 2.75) is 25.8 Å². The molecule has 2 aromatic carbocycles. The molecule has 0 radical (unpaired) electrons. The second kappa shape index (κ2) is 8.22. The largest absolute Gasteiger partial charge is 0.370 e. The van der Waals surface area contributed by atoms with Crippen molar-refractivity contribution in [3.05, 3.63) is 59.7 Å². The molecule has 6 nitrogen and oxygen atoms in total. The fraction of sp³-hybridized carbons (Fsp3) is 0.333. The van der Waals surface area contributed by atoms with Crippen LogP contribution in [0.1, 0.15) is 41.7 Å². The summed E-state index contributed by atoms with van der Waals surface area (Å²) in [6.07, 6.45) is 2.22. The minimum absolute atomic E-state index is 0.187. The van der Waals surface area contributed by atoms with Crippen molar-refractivity contribution in [3.63, 3.8) is 0 Å². The number of benzene rings is 2. The van der Waals surface area contributed by atoms with Crippen LogP contribution in [-0.4, -0.2) is 24.9 Å². The molecule has 1 aliphatic heterocycles. The van der Waals surface area contributed by atoms with E-state index in [9.17, 15) is 9.59 Å². The van der Waals surface area contributed by atoms with Gasteiger partial charge in [-0.2, -0.15) is 0 Å². The van der Waals surface area contributed by atoms with Crippen LogP contribution < -0.4 is 21.7 Å². The van der Waals surface area contributed by atoms with E-state index in [2.05, 4.69) is 10.2 Å². The maximum Gasteiger partial charge on any atom is 0.248 e. The quantitative estimate of drug-likeness (QED) is 0.731. The lowest BCUT2D eigenvalue weighted by Gasteiger charge is -2.24. The Hall–Kier alpha value is -2.86. The first kappa shape index (κ1) is 18.9. The third-order valence-corrected chi connectivity index (χ3v) is 5.12. The van der Waals surface area contributed by atoms with Gasteiger partial charge in [0.2, 0.25) is 11.8 Å². The summed E-state index contributed by atoms with van der Waals surface area (Å²) >= 11 is 0. The molecule has 2 aromatic rings. The molecule has 0 spiro atoms. The summed E-state index contributed by atoms with van der Waals surface area (Å²) in [6.45, 7) is 3.66. The predicted molar refractivity (Wildman–Crippen MR) is 108 cm³/mol. The van der Waals surface area contributed by atoms with Crippen molar-refractivity contribution in [2.24, 2.45) is 17.4 Å². The molecule has 0 aliphatic carbocycles. The van der Waals surface area contributed by atoms with Crippen molar-refractivity contribution < 1.29 is 9.59 Å². The van der Waals surface area contributed by atoms with Gasteiger partial charge in [-0.1, -0.05) is 37.3 Å². The van der Waals surface area contributed by atoms with Gasteiger partial charge in [0.1, 0.15) is 0 Å². The number of anilines is 2. The van der Waals surface area contributed by atoms with Gasteiger partial charge < -0.3 is 21.7 Å². The van der Waals surface area contributed by atoms with Crippen LogP contribution in [0.25, 0.3) is 0 Å². The molecule has 5 N–H and O–H groups in total. The number of primary amides is 1. The van der Waals surface area contributed by atoms with E-state index >= 15 is 0 Å². The van der Waals surface area contributed by atoms with Crippen molar-refractivity contribution in [1.82, 2.24) is 0 Å². The van der Waals surface area contributed by atoms with Gasteiger partial charge in [-0.05, 0) is 36.6 Å². The molecule has 1 fully saturated rings. The van der Waals surface area contributed by atoms with E-state index < -0.39 is 17.9 Å². The Kier molecular flexibility index (Phi) is 5.76. The predicted octanol–water partition coefficient (Wildman–Crippen LogP) is 2.66. The molecule has 1 heterocycles. The van der Waals surface area contributed by atoms with Gasteiger partial charge in [0, 0.05) is 24.7 Å². The molecule has 0 saturated carbocycles. The normalized spacial score (nSPS) is 16.0. The fourth-order valence-corrected chi connectivity index (χ4v) is 3.40. The van der Waals surface area contributed by atoms with Crippen LogP contribution in [-0.2, 0) is 4.79 Å². The summed E-state index contributed by atoms with van der Waals surface area (Å²) in [5.74, 6) is -1.14. The minimum atomic E-state index is -0.521. The SMILES string of the molecule is CC(C(=O)Nc1cc(C(N)=O)ccc1N1CCCC1)C(N)c1ccccc1. The summed E-state index contributed by atoms with van der Waals surface area (Å²) < 4.78 is 0. The Bertz CT molecular complexity index is 816. The van der Waals surface area contributed by atoms with Gasteiger partial charge in [0.25, 0.3) is 0 Å². The molecule has 0 bridgehead atoms. The van der Waals surface area contributed by atoms with E-state index in [1.807, 2.05) is 36.4 Å². The Balaban J connectivity index is 1.83. The lowest BCUT2D eigenvalue weighted by molar-refractivity contribution is -0.120. The van der Waals surface area contributed by atoms with Crippen LogP contribution in [0.4, 0.5) is 11.4 Å². The summed E-state index contributed by atoms with van der Waals surface area (Å²) in [5.41, 5.74) is 14.5. The van der Waals surface area contributed by atoms with Crippen LogP contribution in [0.5, 0.6) is 0 Å². The lowest BCUT2D eigenvalue weighted by Crippen LogP contribution is -2.31. The Morgan fingerprint density at radius 1 is 1.07 bits per heavy atom. The third-order valence-electron chi connectivity index (χ3n) is 5.12. The van der Waals surface area contributed by atoms with E-state index in [1.165, 1.54) is 0 Å². The number of nitrogens with zero attached hydrogens (tertiary/aromatic N) is 1. The number of nitrogens with one attached hydrogen (secondary N) is 1. The molecule has 142 valence electrons. The molecule has 1 saturated heterocycles. The van der Waals surface area contributed by atoms with E-state index in [0.29, 0.717) is 11.3 Å². The molecule has 3 rings (SSSR count). The van der Waals surface area contributed by atoms with Crippen LogP contribution >= 0.6 is 0 Å². The molecule has 6 heteroatoms. The first-order valence-electron chi connectivity index (χ1n) is 9.27. The van der Waals surface area contributed by atoms with Gasteiger partial charge in [0.15, 0.2) is 0 Å². The van der Waals surface area contributed by atoms with Crippen molar-refractivity contribution in [3.8, 4) is 0 Å². The number of hydrogen-bond acceptors (Lipinski definition) is 4. The van der Waals surface area contributed by atoms with Crippen LogP contribution in [0.2, 0.25) is 0 Å². The zero-order valence-electron chi connectivity index (χ0n) is 15.5. The van der Waals surface area contributed by atoms with Gasteiger partial charge in [-0.25, -0.2) is 0 Å². The van der Waals surface area contributed by atoms with Gasteiger partial charge >= 0.3 is 0 Å². The molecule has 0 aromatic heterocycles. The highest BCUT2D eigenvalue weighted by atomic mass is 16.2. The first-order chi connectivity index (χ1) is 13.0. The zero-order valence-corrected chi connectivity index (χ0v) is 15.5. The summed E-state index contributed by atoms with van der Waals surface area (Å²) in [6, 6.07) is 14.3. The second-order valence-electron chi connectivity index (χ2n) is 7.00. The summed E-state index contributed by atoms with van der Waals surface area (Å²) in [7, 11) is 0. The van der Waals surface area contributed by atoms with Crippen molar-refractivity contribution in [1.29, 1.82) is 0 Å². The van der Waals surface area contributed by atoms with Crippen LogP contribution in [0, 0.1) is 5.92 Å².